The third-order valence-corrected chi connectivity index (χ3v) is 2.17. The van der Waals surface area contributed by atoms with Crippen LogP contribution in [0.4, 0.5) is 5.69 Å². The van der Waals surface area contributed by atoms with Gasteiger partial charge in [0, 0.05) is 6.54 Å². The molecule has 0 aliphatic heterocycles. The number of carboxylic acid groups (broad SMARTS) is 1. The summed E-state index contributed by atoms with van der Waals surface area (Å²) >= 11 is 0. The molecule has 1 N–H and O–H groups in total. The highest BCUT2D eigenvalue weighted by Gasteiger charge is 2.31. The number of nitro groups is 1. The van der Waals surface area contributed by atoms with Crippen LogP contribution in [-0.2, 0) is 13.0 Å². The molecule has 0 radical (unpaired) electrons. The average molecular weight is 227 g/mol. The van der Waals surface area contributed by atoms with Crippen LogP contribution in [0.25, 0.3) is 0 Å². The lowest BCUT2D eigenvalue weighted by molar-refractivity contribution is -0.386. The van der Waals surface area contributed by atoms with Crippen molar-refractivity contribution in [2.24, 2.45) is 0 Å². The van der Waals surface area contributed by atoms with Crippen molar-refractivity contribution in [3.8, 4) is 0 Å². The summed E-state index contributed by atoms with van der Waals surface area (Å²) in [5, 5.41) is 23.7. The van der Waals surface area contributed by atoms with Gasteiger partial charge in [0.1, 0.15) is 5.69 Å². The van der Waals surface area contributed by atoms with Crippen molar-refractivity contribution in [3.05, 3.63) is 21.5 Å². The lowest BCUT2D eigenvalue weighted by Crippen LogP contribution is -2.10. The summed E-state index contributed by atoms with van der Waals surface area (Å²) in [5.41, 5.74) is -0.473. The Morgan fingerprint density at radius 1 is 1.56 bits per heavy atom. The van der Waals surface area contributed by atoms with E-state index in [1.54, 1.807) is 6.92 Å². The Morgan fingerprint density at radius 3 is 2.56 bits per heavy atom. The number of nitrogens with zero attached hydrogens (tertiary/aromatic N) is 3. The van der Waals surface area contributed by atoms with E-state index in [2.05, 4.69) is 5.10 Å². The zero-order valence-electron chi connectivity index (χ0n) is 9.13. The molecule has 0 aliphatic rings. The Balaban J connectivity index is 3.41. The van der Waals surface area contributed by atoms with Crippen LogP contribution >= 0.6 is 0 Å². The summed E-state index contributed by atoms with van der Waals surface area (Å²) in [6.45, 7) is 3.85. The molecule has 1 rings (SSSR count). The van der Waals surface area contributed by atoms with Crippen LogP contribution in [0.5, 0.6) is 0 Å². The SMILES string of the molecule is CCCc1nn(CC)c(C(=O)O)c1[N+](=O)[O-]. The molecule has 88 valence electrons. The van der Waals surface area contributed by atoms with Gasteiger partial charge in [-0.15, -0.1) is 0 Å². The molecule has 1 aromatic heterocycles. The van der Waals surface area contributed by atoms with Gasteiger partial charge in [-0.1, -0.05) is 13.3 Å². The van der Waals surface area contributed by atoms with Crippen molar-refractivity contribution >= 4 is 11.7 Å². The van der Waals surface area contributed by atoms with Gasteiger partial charge in [-0.25, -0.2) is 4.79 Å². The number of aromatic nitrogens is 2. The zero-order valence-corrected chi connectivity index (χ0v) is 9.13. The molecule has 0 saturated carbocycles. The first-order chi connectivity index (χ1) is 7.52. The van der Waals surface area contributed by atoms with Gasteiger partial charge in [-0.05, 0) is 13.3 Å². The van der Waals surface area contributed by atoms with Gasteiger partial charge in [-0.3, -0.25) is 14.8 Å². The predicted octanol–water partition coefficient (Wildman–Crippen LogP) is 1.46. The van der Waals surface area contributed by atoms with Gasteiger partial charge in [0.2, 0.25) is 5.69 Å². The maximum Gasteiger partial charge on any atom is 0.361 e. The van der Waals surface area contributed by atoms with E-state index in [9.17, 15) is 14.9 Å². The van der Waals surface area contributed by atoms with Crippen LogP contribution in [0.1, 0.15) is 36.5 Å². The molecule has 0 saturated heterocycles. The number of carboxylic acids is 1. The average Bonchev–Trinajstić information content (AvgIpc) is 2.57. The van der Waals surface area contributed by atoms with Crippen LogP contribution < -0.4 is 0 Å². The highest BCUT2D eigenvalue weighted by atomic mass is 16.6. The number of carbonyl (C=O) groups is 1. The second-order valence-corrected chi connectivity index (χ2v) is 3.27. The summed E-state index contributed by atoms with van der Waals surface area (Å²) in [6, 6.07) is 0. The summed E-state index contributed by atoms with van der Waals surface area (Å²) in [6.07, 6.45) is 1.09. The molecular weight excluding hydrogens is 214 g/mol. The third kappa shape index (κ3) is 2.02. The number of rotatable bonds is 5. The lowest BCUT2D eigenvalue weighted by Gasteiger charge is -1.97. The first-order valence-electron chi connectivity index (χ1n) is 5.00. The normalized spacial score (nSPS) is 10.4. The van der Waals surface area contributed by atoms with E-state index in [0.717, 1.165) is 4.68 Å². The Bertz CT molecular complexity index is 425. The van der Waals surface area contributed by atoms with E-state index in [1.165, 1.54) is 0 Å². The molecule has 7 nitrogen and oxygen atoms in total. The Morgan fingerprint density at radius 2 is 2.19 bits per heavy atom. The molecule has 0 aliphatic carbocycles. The predicted molar refractivity (Wildman–Crippen MR) is 55.5 cm³/mol. The van der Waals surface area contributed by atoms with Crippen LogP contribution in [-0.4, -0.2) is 25.8 Å². The van der Waals surface area contributed by atoms with E-state index >= 15 is 0 Å². The number of hydrogen-bond acceptors (Lipinski definition) is 4. The first-order valence-corrected chi connectivity index (χ1v) is 5.00. The minimum atomic E-state index is -1.32. The molecular formula is C9H13N3O4. The summed E-state index contributed by atoms with van der Waals surface area (Å²) in [7, 11) is 0. The van der Waals surface area contributed by atoms with Crippen molar-refractivity contribution in [1.82, 2.24) is 9.78 Å². The molecule has 7 heteroatoms. The monoisotopic (exact) mass is 227 g/mol. The fourth-order valence-corrected chi connectivity index (χ4v) is 1.54. The van der Waals surface area contributed by atoms with Crippen molar-refractivity contribution in [3.63, 3.8) is 0 Å². The second-order valence-electron chi connectivity index (χ2n) is 3.27. The summed E-state index contributed by atoms with van der Waals surface area (Å²) in [5.74, 6) is -1.32. The Labute approximate surface area is 91.8 Å². The zero-order chi connectivity index (χ0) is 12.3. The topological polar surface area (TPSA) is 98.3 Å². The molecule has 16 heavy (non-hydrogen) atoms. The van der Waals surface area contributed by atoms with Gasteiger partial charge in [0.15, 0.2) is 0 Å². The summed E-state index contributed by atoms with van der Waals surface area (Å²) in [4.78, 5) is 21.1. The fraction of sp³-hybridized carbons (Fsp3) is 0.556. The van der Waals surface area contributed by atoms with E-state index in [1.807, 2.05) is 6.92 Å². The van der Waals surface area contributed by atoms with E-state index in [-0.39, 0.29) is 17.1 Å². The van der Waals surface area contributed by atoms with Crippen molar-refractivity contribution in [1.29, 1.82) is 0 Å². The molecule has 0 atom stereocenters. The van der Waals surface area contributed by atoms with Crippen molar-refractivity contribution in [2.45, 2.75) is 33.2 Å². The maximum absolute atomic E-state index is 11.0. The molecule has 1 aromatic rings. The minimum absolute atomic E-state index is 0.242. The standard InChI is InChI=1S/C9H13N3O4/c1-3-5-6-7(12(15)16)8(9(13)14)11(4-2)10-6/h3-5H2,1-2H3,(H,13,14). The smallest absolute Gasteiger partial charge is 0.361 e. The van der Waals surface area contributed by atoms with Crippen LogP contribution in [0.15, 0.2) is 0 Å². The summed E-state index contributed by atoms with van der Waals surface area (Å²) < 4.78 is 1.16. The van der Waals surface area contributed by atoms with E-state index in [4.69, 9.17) is 5.11 Å². The molecule has 0 unspecified atom stereocenters. The molecule has 0 fully saturated rings. The highest BCUT2D eigenvalue weighted by molar-refractivity contribution is 5.91. The second kappa shape index (κ2) is 4.73. The fourth-order valence-electron chi connectivity index (χ4n) is 1.54. The first kappa shape index (κ1) is 12.2. The van der Waals surface area contributed by atoms with Gasteiger partial charge in [0.05, 0.1) is 4.92 Å². The number of hydrogen-bond donors (Lipinski definition) is 1. The molecule has 0 amide bonds. The van der Waals surface area contributed by atoms with Crippen LogP contribution in [0.3, 0.4) is 0 Å². The van der Waals surface area contributed by atoms with E-state index in [0.29, 0.717) is 19.4 Å². The van der Waals surface area contributed by atoms with Crippen molar-refractivity contribution in [2.75, 3.05) is 0 Å². The molecule has 0 aromatic carbocycles. The molecule has 1 heterocycles. The number of aryl methyl sites for hydroxylation is 2. The van der Waals surface area contributed by atoms with Gasteiger partial charge in [0.25, 0.3) is 0 Å². The highest BCUT2D eigenvalue weighted by Crippen LogP contribution is 2.24. The van der Waals surface area contributed by atoms with Crippen LogP contribution in [0, 0.1) is 10.1 Å². The lowest BCUT2D eigenvalue weighted by atomic mass is 10.2. The largest absolute Gasteiger partial charge is 0.476 e. The number of aromatic carboxylic acids is 1. The molecule has 0 bridgehead atoms. The Hall–Kier alpha value is -1.92. The van der Waals surface area contributed by atoms with Gasteiger partial charge in [-0.2, -0.15) is 5.10 Å². The quantitative estimate of drug-likeness (QED) is 0.606. The Kier molecular flexibility index (Phi) is 3.60. The maximum atomic E-state index is 11.0. The third-order valence-electron chi connectivity index (χ3n) is 2.17. The van der Waals surface area contributed by atoms with Crippen molar-refractivity contribution < 1.29 is 14.8 Å². The van der Waals surface area contributed by atoms with Gasteiger partial charge >= 0.3 is 11.7 Å². The molecule has 0 spiro atoms. The minimum Gasteiger partial charge on any atom is -0.476 e. The van der Waals surface area contributed by atoms with Crippen LogP contribution in [0.2, 0.25) is 0 Å². The van der Waals surface area contributed by atoms with Gasteiger partial charge < -0.3 is 5.11 Å². The van der Waals surface area contributed by atoms with E-state index < -0.39 is 10.9 Å².